The van der Waals surface area contributed by atoms with E-state index in [1.807, 2.05) is 12.1 Å². The van der Waals surface area contributed by atoms with Crippen LogP contribution in [0.3, 0.4) is 0 Å². The molecule has 25 heavy (non-hydrogen) atoms. The van der Waals surface area contributed by atoms with Crippen molar-refractivity contribution in [1.82, 2.24) is 10.2 Å². The molecule has 1 aromatic carbocycles. The van der Waals surface area contributed by atoms with E-state index in [9.17, 15) is 9.59 Å². The summed E-state index contributed by atoms with van der Waals surface area (Å²) in [4.78, 5) is 26.2. The van der Waals surface area contributed by atoms with E-state index in [0.717, 1.165) is 12.8 Å². The summed E-state index contributed by atoms with van der Waals surface area (Å²) >= 11 is 0. The molecule has 0 bridgehead atoms. The van der Waals surface area contributed by atoms with Crippen LogP contribution in [0.4, 0.5) is 0 Å². The zero-order chi connectivity index (χ0) is 18.2. The summed E-state index contributed by atoms with van der Waals surface area (Å²) in [5, 5.41) is 2.88. The summed E-state index contributed by atoms with van der Waals surface area (Å²) < 4.78 is 10.8. The first kappa shape index (κ1) is 19.1. The third-order valence-corrected chi connectivity index (χ3v) is 4.02. The van der Waals surface area contributed by atoms with Crippen LogP contribution in [-0.2, 0) is 9.59 Å². The van der Waals surface area contributed by atoms with Crippen molar-refractivity contribution in [3.05, 3.63) is 24.3 Å². The van der Waals surface area contributed by atoms with Gasteiger partial charge in [-0.3, -0.25) is 9.59 Å². The lowest BCUT2D eigenvalue weighted by Gasteiger charge is -2.22. The van der Waals surface area contributed by atoms with Gasteiger partial charge in [-0.05, 0) is 30.9 Å². The average molecular weight is 348 g/mol. The van der Waals surface area contributed by atoms with E-state index >= 15 is 0 Å². The van der Waals surface area contributed by atoms with Gasteiger partial charge in [-0.15, -0.1) is 0 Å². The topological polar surface area (TPSA) is 67.9 Å². The second-order valence-corrected chi connectivity index (χ2v) is 6.71. The van der Waals surface area contributed by atoms with Gasteiger partial charge in [0.1, 0.15) is 0 Å². The Balaban J connectivity index is 1.83. The minimum absolute atomic E-state index is 0.0159. The van der Waals surface area contributed by atoms with Crippen molar-refractivity contribution < 1.29 is 19.1 Å². The van der Waals surface area contributed by atoms with Crippen LogP contribution in [0.2, 0.25) is 0 Å². The zero-order valence-corrected chi connectivity index (χ0v) is 15.3. The molecule has 1 fully saturated rings. The smallest absolute Gasteiger partial charge is 0.260 e. The van der Waals surface area contributed by atoms with E-state index in [1.54, 1.807) is 24.1 Å². The summed E-state index contributed by atoms with van der Waals surface area (Å²) in [5.41, 5.74) is 0. The van der Waals surface area contributed by atoms with E-state index < -0.39 is 0 Å². The molecular formula is C19H28N2O4. The predicted molar refractivity (Wildman–Crippen MR) is 95.7 cm³/mol. The average Bonchev–Trinajstić information content (AvgIpc) is 3.43. The Labute approximate surface area is 149 Å². The van der Waals surface area contributed by atoms with Crippen molar-refractivity contribution in [2.75, 3.05) is 26.8 Å². The Hall–Kier alpha value is -2.24. The van der Waals surface area contributed by atoms with Crippen molar-refractivity contribution in [2.45, 2.75) is 39.2 Å². The molecule has 0 aromatic heterocycles. The van der Waals surface area contributed by atoms with Crippen molar-refractivity contribution in [2.24, 2.45) is 5.92 Å². The molecule has 2 amide bonds. The molecule has 1 aromatic rings. The number of rotatable bonds is 10. The fourth-order valence-electron chi connectivity index (χ4n) is 2.49. The highest BCUT2D eigenvalue weighted by atomic mass is 16.5. The molecular weight excluding hydrogens is 320 g/mol. The Bertz CT molecular complexity index is 585. The van der Waals surface area contributed by atoms with Gasteiger partial charge < -0.3 is 19.7 Å². The summed E-state index contributed by atoms with van der Waals surface area (Å²) in [6, 6.07) is 7.48. The quantitative estimate of drug-likeness (QED) is 0.704. The summed E-state index contributed by atoms with van der Waals surface area (Å²) in [7, 11) is 1.57. The molecule has 1 aliphatic carbocycles. The summed E-state index contributed by atoms with van der Waals surface area (Å²) in [6.45, 7) is 5.14. The van der Waals surface area contributed by atoms with Crippen LogP contribution in [0.25, 0.3) is 0 Å². The lowest BCUT2D eigenvalue weighted by atomic mass is 10.2. The Kier molecular flexibility index (Phi) is 7.10. The molecule has 0 aliphatic heterocycles. The number of para-hydroxylation sites is 2. The van der Waals surface area contributed by atoms with Gasteiger partial charge in [-0.2, -0.15) is 0 Å². The van der Waals surface area contributed by atoms with Gasteiger partial charge in [0.15, 0.2) is 18.1 Å². The lowest BCUT2D eigenvalue weighted by molar-refractivity contribution is -0.134. The molecule has 0 heterocycles. The molecule has 0 radical (unpaired) electrons. The first-order valence-electron chi connectivity index (χ1n) is 8.83. The van der Waals surface area contributed by atoms with E-state index in [0.29, 0.717) is 36.9 Å². The number of hydrogen-bond donors (Lipinski definition) is 1. The zero-order valence-electron chi connectivity index (χ0n) is 15.3. The number of methoxy groups -OCH3 is 1. The van der Waals surface area contributed by atoms with Crippen molar-refractivity contribution in [1.29, 1.82) is 0 Å². The predicted octanol–water partition coefficient (Wildman–Crippen LogP) is 2.23. The maximum absolute atomic E-state index is 12.5. The van der Waals surface area contributed by atoms with Gasteiger partial charge in [-0.1, -0.05) is 26.0 Å². The van der Waals surface area contributed by atoms with Gasteiger partial charge in [-0.25, -0.2) is 0 Å². The molecule has 6 nitrogen and oxygen atoms in total. The normalized spacial score (nSPS) is 13.4. The van der Waals surface area contributed by atoms with Gasteiger partial charge in [0.2, 0.25) is 5.91 Å². The molecule has 1 N–H and O–H groups in total. The Morgan fingerprint density at radius 3 is 2.52 bits per heavy atom. The molecule has 138 valence electrons. The minimum Gasteiger partial charge on any atom is -0.493 e. The first-order valence-corrected chi connectivity index (χ1v) is 8.83. The highest BCUT2D eigenvalue weighted by Crippen LogP contribution is 2.28. The number of carbonyl (C=O) groups is 2. The summed E-state index contributed by atoms with van der Waals surface area (Å²) in [5.74, 6) is 1.45. The van der Waals surface area contributed by atoms with Gasteiger partial charge in [0.05, 0.1) is 7.11 Å². The van der Waals surface area contributed by atoms with E-state index in [2.05, 4.69) is 19.2 Å². The Morgan fingerprint density at radius 2 is 1.92 bits per heavy atom. The lowest BCUT2D eigenvalue weighted by Crippen LogP contribution is -2.39. The number of nitrogens with one attached hydrogen (secondary N) is 1. The maximum atomic E-state index is 12.5. The van der Waals surface area contributed by atoms with Crippen molar-refractivity contribution in [3.63, 3.8) is 0 Å². The SMILES string of the molecule is COc1ccccc1OCC(=O)N(CCC(=O)NCC(C)C)C1CC1. The number of hydrogen-bond acceptors (Lipinski definition) is 4. The van der Waals surface area contributed by atoms with E-state index in [1.165, 1.54) is 0 Å². The van der Waals surface area contributed by atoms with Gasteiger partial charge >= 0.3 is 0 Å². The molecule has 0 atom stereocenters. The van der Waals surface area contributed by atoms with Gasteiger partial charge in [0.25, 0.3) is 5.91 Å². The molecule has 0 unspecified atom stereocenters. The monoisotopic (exact) mass is 348 g/mol. The third-order valence-electron chi connectivity index (χ3n) is 4.02. The number of carbonyl (C=O) groups excluding carboxylic acids is 2. The standard InChI is InChI=1S/C19H28N2O4/c1-14(2)12-20-18(22)10-11-21(15-8-9-15)19(23)13-25-17-7-5-4-6-16(17)24-3/h4-7,14-15H,8-13H2,1-3H3,(H,20,22). The third kappa shape index (κ3) is 6.29. The highest BCUT2D eigenvalue weighted by molar-refractivity contribution is 5.80. The van der Waals surface area contributed by atoms with Crippen LogP contribution in [-0.4, -0.2) is 49.6 Å². The fourth-order valence-corrected chi connectivity index (χ4v) is 2.49. The molecule has 1 aliphatic rings. The van der Waals surface area contributed by atoms with E-state index in [4.69, 9.17) is 9.47 Å². The molecule has 2 rings (SSSR count). The van der Waals surface area contributed by atoms with Crippen molar-refractivity contribution >= 4 is 11.8 Å². The second kappa shape index (κ2) is 9.30. The van der Waals surface area contributed by atoms with Crippen LogP contribution in [0.15, 0.2) is 24.3 Å². The molecule has 0 saturated heterocycles. The molecule has 6 heteroatoms. The highest BCUT2D eigenvalue weighted by Gasteiger charge is 2.32. The fraction of sp³-hybridized carbons (Fsp3) is 0.579. The minimum atomic E-state index is -0.0925. The van der Waals surface area contributed by atoms with Crippen LogP contribution < -0.4 is 14.8 Å². The van der Waals surface area contributed by atoms with Crippen LogP contribution >= 0.6 is 0 Å². The number of benzene rings is 1. The molecule has 1 saturated carbocycles. The Morgan fingerprint density at radius 1 is 1.24 bits per heavy atom. The van der Waals surface area contributed by atoms with E-state index in [-0.39, 0.29) is 24.5 Å². The maximum Gasteiger partial charge on any atom is 0.260 e. The number of nitrogens with zero attached hydrogens (tertiary/aromatic N) is 1. The van der Waals surface area contributed by atoms with Crippen LogP contribution in [0.5, 0.6) is 11.5 Å². The van der Waals surface area contributed by atoms with Crippen molar-refractivity contribution in [3.8, 4) is 11.5 Å². The van der Waals surface area contributed by atoms with Crippen LogP contribution in [0.1, 0.15) is 33.1 Å². The van der Waals surface area contributed by atoms with Crippen LogP contribution in [0, 0.1) is 5.92 Å². The summed E-state index contributed by atoms with van der Waals surface area (Å²) in [6.07, 6.45) is 2.31. The second-order valence-electron chi connectivity index (χ2n) is 6.71. The number of amides is 2. The first-order chi connectivity index (χ1) is 12.0. The van der Waals surface area contributed by atoms with Gasteiger partial charge in [0, 0.05) is 25.6 Å². The molecule has 0 spiro atoms. The number of ether oxygens (including phenoxy) is 2. The largest absolute Gasteiger partial charge is 0.493 e.